The maximum absolute atomic E-state index is 12.0. The second kappa shape index (κ2) is 8.57. The van der Waals surface area contributed by atoms with Gasteiger partial charge in [0.25, 0.3) is 0 Å². The molecule has 122 valence electrons. The second-order valence-electron chi connectivity index (χ2n) is 5.87. The van der Waals surface area contributed by atoms with Gasteiger partial charge in [0.1, 0.15) is 0 Å². The summed E-state index contributed by atoms with van der Waals surface area (Å²) in [6, 6.07) is 4.16. The quantitative estimate of drug-likeness (QED) is 0.840. The van der Waals surface area contributed by atoms with Gasteiger partial charge >= 0.3 is 0 Å². The van der Waals surface area contributed by atoms with Gasteiger partial charge < -0.3 is 10.2 Å². The van der Waals surface area contributed by atoms with Gasteiger partial charge in [0.05, 0.1) is 0 Å². The van der Waals surface area contributed by atoms with Gasteiger partial charge in [-0.15, -0.1) is 0 Å². The van der Waals surface area contributed by atoms with Crippen LogP contribution in [-0.4, -0.2) is 24.9 Å². The lowest BCUT2D eigenvalue weighted by Crippen LogP contribution is -2.38. The van der Waals surface area contributed by atoms with E-state index < -0.39 is 0 Å². The van der Waals surface area contributed by atoms with E-state index in [2.05, 4.69) is 31.3 Å². The summed E-state index contributed by atoms with van der Waals surface area (Å²) in [4.78, 5) is 25.4. The first-order valence-electron chi connectivity index (χ1n) is 7.99. The summed E-state index contributed by atoms with van der Waals surface area (Å²) in [6.45, 7) is 10.7. The Morgan fingerprint density at radius 1 is 1.14 bits per heavy atom. The third-order valence-corrected chi connectivity index (χ3v) is 3.70. The fourth-order valence-electron chi connectivity index (χ4n) is 2.76. The molecular formula is C18H28N2O2. The van der Waals surface area contributed by atoms with Crippen molar-refractivity contribution in [2.75, 3.05) is 18.0 Å². The predicted octanol–water partition coefficient (Wildman–Crippen LogP) is 3.27. The lowest BCUT2D eigenvalue weighted by Gasteiger charge is -2.25. The average molecular weight is 304 g/mol. The molecule has 0 aliphatic carbocycles. The molecule has 0 aliphatic heterocycles. The smallest absolute Gasteiger partial charge is 0.223 e. The van der Waals surface area contributed by atoms with Gasteiger partial charge in [-0.3, -0.25) is 9.59 Å². The molecule has 1 aromatic carbocycles. The molecule has 22 heavy (non-hydrogen) atoms. The number of anilines is 1. The van der Waals surface area contributed by atoms with Gasteiger partial charge in [0, 0.05) is 32.1 Å². The molecule has 0 bridgehead atoms. The third kappa shape index (κ3) is 5.17. The second-order valence-corrected chi connectivity index (χ2v) is 5.87. The lowest BCUT2D eigenvalue weighted by atomic mass is 10.0. The number of nitrogens with one attached hydrogen (secondary N) is 1. The van der Waals surface area contributed by atoms with Crippen LogP contribution in [0.25, 0.3) is 0 Å². The number of hydrogen-bond acceptors (Lipinski definition) is 2. The summed E-state index contributed by atoms with van der Waals surface area (Å²) < 4.78 is 0. The Kier molecular flexibility index (Phi) is 7.09. The molecule has 0 aliphatic rings. The van der Waals surface area contributed by atoms with Crippen molar-refractivity contribution in [2.24, 2.45) is 0 Å². The van der Waals surface area contributed by atoms with Crippen molar-refractivity contribution in [1.82, 2.24) is 5.32 Å². The minimum Gasteiger partial charge on any atom is -0.354 e. The van der Waals surface area contributed by atoms with Crippen molar-refractivity contribution in [3.63, 3.8) is 0 Å². The summed E-state index contributed by atoms with van der Waals surface area (Å²) in [5.41, 5.74) is 4.33. The Hall–Kier alpha value is -1.84. The number of carbonyl (C=O) groups is 2. The minimum absolute atomic E-state index is 0.00198. The van der Waals surface area contributed by atoms with Gasteiger partial charge in [0.15, 0.2) is 0 Å². The normalized spacial score (nSPS) is 10.4. The molecule has 0 unspecified atom stereocenters. The van der Waals surface area contributed by atoms with Crippen LogP contribution >= 0.6 is 0 Å². The molecule has 0 fully saturated rings. The summed E-state index contributed by atoms with van der Waals surface area (Å²) in [7, 11) is 0. The zero-order valence-electron chi connectivity index (χ0n) is 14.5. The number of benzene rings is 1. The zero-order chi connectivity index (χ0) is 16.7. The molecule has 2 amide bonds. The number of amides is 2. The van der Waals surface area contributed by atoms with Gasteiger partial charge in [-0.2, -0.15) is 0 Å². The fraction of sp³-hybridized carbons (Fsp3) is 0.556. The average Bonchev–Trinajstić information content (AvgIpc) is 2.42. The molecule has 1 N–H and O–H groups in total. The van der Waals surface area contributed by atoms with Crippen LogP contribution in [0.5, 0.6) is 0 Å². The molecule has 0 radical (unpaired) electrons. The van der Waals surface area contributed by atoms with Crippen LogP contribution in [0, 0.1) is 20.8 Å². The number of nitrogens with zero attached hydrogens (tertiary/aromatic N) is 1. The highest BCUT2D eigenvalue weighted by Gasteiger charge is 2.16. The Morgan fingerprint density at radius 2 is 1.73 bits per heavy atom. The van der Waals surface area contributed by atoms with Crippen LogP contribution in [0.1, 0.15) is 49.8 Å². The largest absolute Gasteiger partial charge is 0.354 e. The predicted molar refractivity (Wildman–Crippen MR) is 91.2 cm³/mol. The van der Waals surface area contributed by atoms with E-state index in [4.69, 9.17) is 0 Å². The molecule has 0 saturated carbocycles. The van der Waals surface area contributed by atoms with E-state index in [1.165, 1.54) is 5.56 Å². The molecule has 0 atom stereocenters. The summed E-state index contributed by atoms with van der Waals surface area (Å²) in [5.74, 6) is 0.0561. The maximum Gasteiger partial charge on any atom is 0.223 e. The van der Waals surface area contributed by atoms with Crippen LogP contribution < -0.4 is 10.2 Å². The van der Waals surface area contributed by atoms with Crippen molar-refractivity contribution in [3.8, 4) is 0 Å². The highest BCUT2D eigenvalue weighted by Crippen LogP contribution is 2.26. The molecule has 0 aromatic heterocycles. The SMILES string of the molecule is CCCCC(=O)NCCN(C(C)=O)c1c(C)cc(C)cc1C. The molecule has 0 heterocycles. The van der Waals surface area contributed by atoms with E-state index in [9.17, 15) is 9.59 Å². The van der Waals surface area contributed by atoms with Crippen LogP contribution in [0.4, 0.5) is 5.69 Å². The van der Waals surface area contributed by atoms with E-state index in [0.717, 1.165) is 29.7 Å². The van der Waals surface area contributed by atoms with Crippen LogP contribution in [0.3, 0.4) is 0 Å². The number of carbonyl (C=O) groups excluding carboxylic acids is 2. The van der Waals surface area contributed by atoms with E-state index in [-0.39, 0.29) is 11.8 Å². The van der Waals surface area contributed by atoms with E-state index in [1.807, 2.05) is 13.8 Å². The van der Waals surface area contributed by atoms with Crippen LogP contribution in [0.15, 0.2) is 12.1 Å². The van der Waals surface area contributed by atoms with Gasteiger partial charge in [-0.25, -0.2) is 0 Å². The van der Waals surface area contributed by atoms with Crippen molar-refractivity contribution < 1.29 is 9.59 Å². The fourth-order valence-corrected chi connectivity index (χ4v) is 2.76. The standard InChI is InChI=1S/C18H28N2O2/c1-6-7-8-17(22)19-9-10-20(16(5)21)18-14(3)11-13(2)12-15(18)4/h11-12H,6-10H2,1-5H3,(H,19,22). The van der Waals surface area contributed by atoms with Crippen molar-refractivity contribution in [3.05, 3.63) is 28.8 Å². The number of unbranched alkanes of at least 4 members (excludes halogenated alkanes) is 1. The molecular weight excluding hydrogens is 276 g/mol. The topological polar surface area (TPSA) is 49.4 Å². The van der Waals surface area contributed by atoms with Gasteiger partial charge in [0.2, 0.25) is 11.8 Å². The molecule has 0 spiro atoms. The molecule has 4 heteroatoms. The van der Waals surface area contributed by atoms with Gasteiger partial charge in [-0.1, -0.05) is 31.0 Å². The lowest BCUT2D eigenvalue weighted by molar-refractivity contribution is -0.121. The first-order chi connectivity index (χ1) is 10.4. The minimum atomic E-state index is -0.00198. The summed E-state index contributed by atoms with van der Waals surface area (Å²) in [5, 5.41) is 2.89. The molecule has 1 aromatic rings. The number of aryl methyl sites for hydroxylation is 3. The highest BCUT2D eigenvalue weighted by atomic mass is 16.2. The Morgan fingerprint density at radius 3 is 2.23 bits per heavy atom. The number of hydrogen-bond donors (Lipinski definition) is 1. The van der Waals surface area contributed by atoms with Crippen molar-refractivity contribution in [1.29, 1.82) is 0 Å². The Bertz CT molecular complexity index is 515. The van der Waals surface area contributed by atoms with E-state index >= 15 is 0 Å². The molecule has 0 saturated heterocycles. The van der Waals surface area contributed by atoms with E-state index in [0.29, 0.717) is 19.5 Å². The Balaban J connectivity index is 2.75. The number of rotatable bonds is 7. The van der Waals surface area contributed by atoms with Gasteiger partial charge in [-0.05, 0) is 38.3 Å². The molecule has 4 nitrogen and oxygen atoms in total. The van der Waals surface area contributed by atoms with Crippen molar-refractivity contribution in [2.45, 2.75) is 53.9 Å². The highest BCUT2D eigenvalue weighted by molar-refractivity contribution is 5.93. The zero-order valence-corrected chi connectivity index (χ0v) is 14.5. The summed E-state index contributed by atoms with van der Waals surface area (Å²) in [6.07, 6.45) is 2.46. The molecule has 1 rings (SSSR count). The first-order valence-corrected chi connectivity index (χ1v) is 7.99. The third-order valence-electron chi connectivity index (χ3n) is 3.70. The maximum atomic E-state index is 12.0. The van der Waals surface area contributed by atoms with Crippen LogP contribution in [0.2, 0.25) is 0 Å². The van der Waals surface area contributed by atoms with Crippen LogP contribution in [-0.2, 0) is 9.59 Å². The Labute approximate surface area is 133 Å². The van der Waals surface area contributed by atoms with Crippen molar-refractivity contribution >= 4 is 17.5 Å². The van der Waals surface area contributed by atoms with E-state index in [1.54, 1.807) is 11.8 Å². The summed E-state index contributed by atoms with van der Waals surface area (Å²) >= 11 is 0. The monoisotopic (exact) mass is 304 g/mol. The first kappa shape index (κ1) is 18.2.